The summed E-state index contributed by atoms with van der Waals surface area (Å²) in [5, 5.41) is 6.05. The van der Waals surface area contributed by atoms with Crippen LogP contribution in [0.3, 0.4) is 0 Å². The van der Waals surface area contributed by atoms with Crippen molar-refractivity contribution in [2.45, 2.75) is 13.8 Å². The first kappa shape index (κ1) is 19.1. The lowest BCUT2D eigenvalue weighted by molar-refractivity contribution is 0.0600. The van der Waals surface area contributed by atoms with Crippen LogP contribution in [-0.2, 0) is 4.74 Å². The van der Waals surface area contributed by atoms with Crippen LogP contribution in [0, 0.1) is 13.8 Å². The van der Waals surface area contributed by atoms with Crippen molar-refractivity contribution in [3.05, 3.63) is 83.2 Å². The fraction of sp³-hybridized carbons (Fsp3) is 0.136. The third kappa shape index (κ3) is 4.73. The van der Waals surface area contributed by atoms with Gasteiger partial charge in [0.15, 0.2) is 0 Å². The van der Waals surface area contributed by atoms with Crippen molar-refractivity contribution in [3.8, 4) is 0 Å². The maximum Gasteiger partial charge on any atom is 0.337 e. The first-order valence-corrected chi connectivity index (χ1v) is 8.76. The molecule has 1 amide bonds. The van der Waals surface area contributed by atoms with Gasteiger partial charge < -0.3 is 15.4 Å². The molecule has 0 saturated carbocycles. The van der Waals surface area contributed by atoms with Crippen LogP contribution < -0.4 is 10.6 Å². The van der Waals surface area contributed by atoms with Gasteiger partial charge in [-0.2, -0.15) is 0 Å². The zero-order valence-corrected chi connectivity index (χ0v) is 15.9. The lowest BCUT2D eigenvalue weighted by Crippen LogP contribution is -2.14. The Kier molecular flexibility index (Phi) is 5.69. The number of nitrogens with zero attached hydrogens (tertiary/aromatic N) is 1. The number of esters is 1. The minimum absolute atomic E-state index is 0.262. The fourth-order valence-corrected chi connectivity index (χ4v) is 2.88. The minimum atomic E-state index is -0.464. The Bertz CT molecular complexity index is 1010. The first-order valence-electron chi connectivity index (χ1n) is 8.76. The molecule has 2 N–H and O–H groups in total. The minimum Gasteiger partial charge on any atom is -0.465 e. The molecule has 3 aromatic rings. The van der Waals surface area contributed by atoms with Gasteiger partial charge in [0, 0.05) is 23.3 Å². The van der Waals surface area contributed by atoms with Crippen molar-refractivity contribution in [1.29, 1.82) is 0 Å². The monoisotopic (exact) mass is 375 g/mol. The molecule has 0 aliphatic carbocycles. The molecule has 142 valence electrons. The normalized spacial score (nSPS) is 10.2. The van der Waals surface area contributed by atoms with E-state index in [0.29, 0.717) is 11.3 Å². The third-order valence-electron chi connectivity index (χ3n) is 4.04. The van der Waals surface area contributed by atoms with E-state index >= 15 is 0 Å². The molecule has 3 rings (SSSR count). The second-order valence-electron chi connectivity index (χ2n) is 6.46. The van der Waals surface area contributed by atoms with Crippen molar-refractivity contribution in [1.82, 2.24) is 4.98 Å². The van der Waals surface area contributed by atoms with Gasteiger partial charge >= 0.3 is 5.97 Å². The predicted octanol–water partition coefficient (Wildman–Crippen LogP) is 4.48. The summed E-state index contributed by atoms with van der Waals surface area (Å²) >= 11 is 0. The molecule has 0 unspecified atom stereocenters. The van der Waals surface area contributed by atoms with Crippen LogP contribution in [0.1, 0.15) is 32.0 Å². The summed E-state index contributed by atoms with van der Waals surface area (Å²) in [6.07, 6.45) is 1.57. The van der Waals surface area contributed by atoms with E-state index in [9.17, 15) is 9.59 Å². The van der Waals surface area contributed by atoms with Crippen LogP contribution in [0.25, 0.3) is 0 Å². The van der Waals surface area contributed by atoms with E-state index in [0.717, 1.165) is 22.5 Å². The molecule has 2 aromatic carbocycles. The second kappa shape index (κ2) is 8.35. The Morgan fingerprint density at radius 2 is 1.64 bits per heavy atom. The Balaban J connectivity index is 1.76. The van der Waals surface area contributed by atoms with Gasteiger partial charge in [-0.05, 0) is 67.4 Å². The molecule has 1 heterocycles. The number of pyridine rings is 1. The van der Waals surface area contributed by atoms with Gasteiger partial charge in [-0.15, -0.1) is 0 Å². The second-order valence-corrected chi connectivity index (χ2v) is 6.46. The third-order valence-corrected chi connectivity index (χ3v) is 4.04. The number of hydrogen-bond donors (Lipinski definition) is 2. The van der Waals surface area contributed by atoms with Crippen molar-refractivity contribution in [3.63, 3.8) is 0 Å². The number of benzene rings is 2. The number of aryl methyl sites for hydroxylation is 2. The van der Waals surface area contributed by atoms with E-state index in [4.69, 9.17) is 4.74 Å². The van der Waals surface area contributed by atoms with Crippen molar-refractivity contribution < 1.29 is 14.3 Å². The highest BCUT2D eigenvalue weighted by atomic mass is 16.5. The molecule has 0 aliphatic heterocycles. The smallest absolute Gasteiger partial charge is 0.337 e. The van der Waals surface area contributed by atoms with Crippen molar-refractivity contribution in [2.75, 3.05) is 17.7 Å². The van der Waals surface area contributed by atoms with Crippen molar-refractivity contribution in [2.24, 2.45) is 0 Å². The van der Waals surface area contributed by atoms with Gasteiger partial charge in [0.25, 0.3) is 5.91 Å². The summed E-state index contributed by atoms with van der Waals surface area (Å²) in [6, 6.07) is 16.2. The Morgan fingerprint density at radius 3 is 2.36 bits per heavy atom. The summed E-state index contributed by atoms with van der Waals surface area (Å²) in [5.41, 5.74) is 5.12. The quantitative estimate of drug-likeness (QED) is 0.643. The topological polar surface area (TPSA) is 80.3 Å². The van der Waals surface area contributed by atoms with E-state index in [1.54, 1.807) is 42.6 Å². The number of anilines is 3. The largest absolute Gasteiger partial charge is 0.465 e. The number of ether oxygens (including phenoxy) is 1. The molecule has 0 bridgehead atoms. The first-order chi connectivity index (χ1) is 13.4. The molecule has 0 aliphatic rings. The number of amides is 1. The van der Waals surface area contributed by atoms with Crippen LogP contribution in [-0.4, -0.2) is 24.0 Å². The molecule has 6 heteroatoms. The zero-order valence-electron chi connectivity index (χ0n) is 15.9. The maximum absolute atomic E-state index is 12.6. The molecule has 0 saturated heterocycles. The number of aromatic nitrogens is 1. The molecule has 0 radical (unpaired) electrons. The Labute approximate surface area is 163 Å². The van der Waals surface area contributed by atoms with E-state index in [2.05, 4.69) is 21.7 Å². The lowest BCUT2D eigenvalue weighted by atomic mass is 10.1. The van der Waals surface area contributed by atoms with Gasteiger partial charge in [-0.25, -0.2) is 4.79 Å². The van der Waals surface area contributed by atoms with Gasteiger partial charge in [0.2, 0.25) is 0 Å². The molecule has 1 aromatic heterocycles. The Hall–Kier alpha value is -3.67. The van der Waals surface area contributed by atoms with E-state index in [-0.39, 0.29) is 11.6 Å². The highest BCUT2D eigenvalue weighted by Gasteiger charge is 2.11. The molecule has 0 atom stereocenters. The average Bonchev–Trinajstić information content (AvgIpc) is 2.67. The number of hydrogen-bond acceptors (Lipinski definition) is 5. The molecule has 28 heavy (non-hydrogen) atoms. The van der Waals surface area contributed by atoms with E-state index in [1.165, 1.54) is 7.11 Å². The van der Waals surface area contributed by atoms with Gasteiger partial charge in [0.05, 0.1) is 12.7 Å². The number of nitrogens with one attached hydrogen (secondary N) is 2. The van der Waals surface area contributed by atoms with E-state index < -0.39 is 5.97 Å². The summed E-state index contributed by atoms with van der Waals surface area (Å²) in [4.78, 5) is 28.3. The number of carbonyl (C=O) groups is 2. The predicted molar refractivity (Wildman–Crippen MR) is 109 cm³/mol. The summed E-state index contributed by atoms with van der Waals surface area (Å²) < 4.78 is 4.70. The number of methoxy groups -OCH3 is 1. The SMILES string of the molecule is COC(=O)c1cccc(NC(=O)c2cc(Nc3cc(C)cc(C)c3)ccn2)c1. The van der Waals surface area contributed by atoms with Crippen LogP contribution in [0.5, 0.6) is 0 Å². The van der Waals surface area contributed by atoms with Gasteiger partial charge in [-0.3, -0.25) is 9.78 Å². The van der Waals surface area contributed by atoms with Crippen LogP contribution >= 0.6 is 0 Å². The summed E-state index contributed by atoms with van der Waals surface area (Å²) in [5.74, 6) is -0.833. The zero-order chi connectivity index (χ0) is 20.1. The van der Waals surface area contributed by atoms with Gasteiger partial charge in [0.1, 0.15) is 5.69 Å². The van der Waals surface area contributed by atoms with Crippen molar-refractivity contribution >= 4 is 28.9 Å². The highest BCUT2D eigenvalue weighted by Crippen LogP contribution is 2.20. The average molecular weight is 375 g/mol. The summed E-state index contributed by atoms with van der Waals surface area (Å²) in [7, 11) is 1.31. The molecule has 0 fully saturated rings. The molecule has 6 nitrogen and oxygen atoms in total. The standard InChI is InChI=1S/C22H21N3O3/c1-14-9-15(2)11-19(10-14)24-18-7-8-23-20(13-18)21(26)25-17-6-4-5-16(12-17)22(27)28-3/h4-13H,1-3H3,(H,23,24)(H,25,26). The van der Waals surface area contributed by atoms with Crippen LogP contribution in [0.4, 0.5) is 17.1 Å². The maximum atomic E-state index is 12.6. The number of carbonyl (C=O) groups excluding carboxylic acids is 2. The Morgan fingerprint density at radius 1 is 0.893 bits per heavy atom. The number of rotatable bonds is 5. The molecule has 0 spiro atoms. The van der Waals surface area contributed by atoms with Crippen LogP contribution in [0.15, 0.2) is 60.8 Å². The van der Waals surface area contributed by atoms with Gasteiger partial charge in [-0.1, -0.05) is 12.1 Å². The molecular formula is C22H21N3O3. The van der Waals surface area contributed by atoms with E-state index in [1.807, 2.05) is 26.0 Å². The fourth-order valence-electron chi connectivity index (χ4n) is 2.88. The summed E-state index contributed by atoms with van der Waals surface area (Å²) in [6.45, 7) is 4.07. The van der Waals surface area contributed by atoms with Crippen LogP contribution in [0.2, 0.25) is 0 Å². The highest BCUT2D eigenvalue weighted by molar-refractivity contribution is 6.04. The molecular weight excluding hydrogens is 354 g/mol. The lowest BCUT2D eigenvalue weighted by Gasteiger charge is -2.10.